The Kier molecular flexibility index (Phi) is 2.75. The van der Waals surface area contributed by atoms with Crippen molar-refractivity contribution in [3.05, 3.63) is 78.0 Å². The summed E-state index contributed by atoms with van der Waals surface area (Å²) >= 11 is 0.390. The summed E-state index contributed by atoms with van der Waals surface area (Å²) in [4.78, 5) is 5.00. The summed E-state index contributed by atoms with van der Waals surface area (Å²) in [6.07, 6.45) is 2.04. The minimum absolute atomic E-state index is 0.0920. The zero-order valence-electron chi connectivity index (χ0n) is 14.7. The molecule has 2 heterocycles. The van der Waals surface area contributed by atoms with Gasteiger partial charge in [-0.1, -0.05) is 0 Å². The molecule has 0 bridgehead atoms. The van der Waals surface area contributed by atoms with E-state index in [4.69, 9.17) is 4.98 Å². The van der Waals surface area contributed by atoms with E-state index in [1.54, 1.807) is 0 Å². The minimum atomic E-state index is -0.0920. The maximum atomic E-state index is 5.00. The number of aromatic nitrogens is 1. The Morgan fingerprint density at radius 1 is 0.808 bits per heavy atom. The van der Waals surface area contributed by atoms with Crippen LogP contribution in [0.25, 0.3) is 41.3 Å². The molecule has 2 aromatic heterocycles. The predicted molar refractivity (Wildman–Crippen MR) is 111 cm³/mol. The number of hydrogen-bond donors (Lipinski definition) is 0. The molecular weight excluding hydrogens is 381 g/mol. The molecule has 3 aromatic carbocycles. The second kappa shape index (κ2) is 4.85. The molecule has 5 aromatic rings. The molecule has 2 heteroatoms. The maximum absolute atomic E-state index is 5.00. The topological polar surface area (TPSA) is 12.9 Å². The predicted octanol–water partition coefficient (Wildman–Crippen LogP) is 5.90. The number of hydrogen-bond acceptors (Lipinski definition) is 1. The van der Waals surface area contributed by atoms with Crippen LogP contribution in [0, 0.1) is 0 Å². The van der Waals surface area contributed by atoms with Gasteiger partial charge in [-0.3, -0.25) is 0 Å². The zero-order valence-corrected chi connectivity index (χ0v) is 16.4. The zero-order chi connectivity index (χ0) is 17.5. The van der Waals surface area contributed by atoms with Crippen LogP contribution in [0.5, 0.6) is 0 Å². The van der Waals surface area contributed by atoms with Gasteiger partial charge in [0.25, 0.3) is 0 Å². The van der Waals surface area contributed by atoms with Crippen molar-refractivity contribution in [2.24, 2.45) is 0 Å². The molecule has 0 saturated heterocycles. The number of benzene rings is 3. The van der Waals surface area contributed by atoms with Crippen LogP contribution in [0.3, 0.4) is 0 Å². The Morgan fingerprint density at radius 3 is 2.46 bits per heavy atom. The van der Waals surface area contributed by atoms with E-state index in [2.05, 4.69) is 74.5 Å². The quantitative estimate of drug-likeness (QED) is 0.296. The third-order valence-electron chi connectivity index (χ3n) is 5.88. The summed E-state index contributed by atoms with van der Waals surface area (Å²) in [5.74, 6) is 0. The standard InChI is InChI=1S/C24H17NSe/c1-24(2)17-10-6-12-19-21(17)20-16(9-5-11-18(20)26-19)23-22(24)15-8-4-3-7-14(15)13-25-23/h3-13H,1-2H3. The van der Waals surface area contributed by atoms with Gasteiger partial charge in [0.2, 0.25) is 0 Å². The molecule has 1 nitrogen and oxygen atoms in total. The Hall–Kier alpha value is -2.41. The van der Waals surface area contributed by atoms with Crippen molar-refractivity contribution in [2.45, 2.75) is 19.3 Å². The van der Waals surface area contributed by atoms with Gasteiger partial charge in [-0.15, -0.1) is 0 Å². The van der Waals surface area contributed by atoms with Gasteiger partial charge in [-0.05, 0) is 0 Å². The molecule has 0 radical (unpaired) electrons. The molecule has 0 saturated carbocycles. The Labute approximate surface area is 158 Å². The molecule has 0 atom stereocenters. The molecule has 1 aliphatic carbocycles. The van der Waals surface area contributed by atoms with Crippen LogP contribution in [0.2, 0.25) is 0 Å². The molecule has 0 amide bonds. The van der Waals surface area contributed by atoms with E-state index in [9.17, 15) is 0 Å². The van der Waals surface area contributed by atoms with Crippen LogP contribution >= 0.6 is 0 Å². The molecule has 0 fully saturated rings. The van der Waals surface area contributed by atoms with E-state index in [0.29, 0.717) is 14.5 Å². The van der Waals surface area contributed by atoms with Gasteiger partial charge in [0, 0.05) is 0 Å². The van der Waals surface area contributed by atoms with E-state index in [-0.39, 0.29) is 5.41 Å². The van der Waals surface area contributed by atoms with Gasteiger partial charge >= 0.3 is 158 Å². The molecular formula is C24H17NSe. The molecule has 0 unspecified atom stereocenters. The van der Waals surface area contributed by atoms with Gasteiger partial charge in [0.1, 0.15) is 0 Å². The molecule has 26 heavy (non-hydrogen) atoms. The Bertz CT molecular complexity index is 1360. The fourth-order valence-electron chi connectivity index (χ4n) is 4.72. The van der Waals surface area contributed by atoms with E-state index < -0.39 is 0 Å². The van der Waals surface area contributed by atoms with Crippen LogP contribution in [-0.4, -0.2) is 19.5 Å². The molecule has 0 spiro atoms. The summed E-state index contributed by atoms with van der Waals surface area (Å²) in [5, 5.41) is 5.46. The third-order valence-corrected chi connectivity index (χ3v) is 8.23. The van der Waals surface area contributed by atoms with E-state index in [1.165, 1.54) is 46.8 Å². The number of nitrogens with zero attached hydrogens (tertiary/aromatic N) is 1. The summed E-state index contributed by atoms with van der Waals surface area (Å²) in [6, 6.07) is 22.4. The van der Waals surface area contributed by atoms with Crippen molar-refractivity contribution in [2.75, 3.05) is 0 Å². The normalized spacial score (nSPS) is 14.8. The molecule has 1 aliphatic rings. The second-order valence-electron chi connectivity index (χ2n) is 7.65. The third kappa shape index (κ3) is 1.69. The van der Waals surface area contributed by atoms with Crippen molar-refractivity contribution in [1.29, 1.82) is 0 Å². The number of fused-ring (bicyclic) bond motifs is 4. The van der Waals surface area contributed by atoms with Crippen LogP contribution in [0.15, 0.2) is 66.9 Å². The molecule has 6 rings (SSSR count). The van der Waals surface area contributed by atoms with Gasteiger partial charge in [0.05, 0.1) is 0 Å². The Morgan fingerprint density at radius 2 is 1.58 bits per heavy atom. The van der Waals surface area contributed by atoms with Crippen LogP contribution in [0.1, 0.15) is 25.0 Å². The fourth-order valence-corrected chi connectivity index (χ4v) is 7.15. The first-order chi connectivity index (χ1) is 12.7. The van der Waals surface area contributed by atoms with Crippen LogP contribution in [0.4, 0.5) is 0 Å². The van der Waals surface area contributed by atoms with E-state index in [0.717, 1.165) is 5.69 Å². The second-order valence-corrected chi connectivity index (χ2v) is 9.93. The van der Waals surface area contributed by atoms with Gasteiger partial charge in [0.15, 0.2) is 0 Å². The SMILES string of the molecule is CC1(C)c2c(ncc3ccccc23)-c2cccc3[se]c4cccc1c4c23. The van der Waals surface area contributed by atoms with Gasteiger partial charge in [-0.25, -0.2) is 0 Å². The molecule has 0 aliphatic heterocycles. The summed E-state index contributed by atoms with van der Waals surface area (Å²) in [6.45, 7) is 4.73. The molecule has 0 N–H and O–H groups in total. The first-order valence-corrected chi connectivity index (χ1v) is 10.7. The van der Waals surface area contributed by atoms with Crippen LogP contribution < -0.4 is 0 Å². The fraction of sp³-hybridized carbons (Fsp3) is 0.125. The van der Waals surface area contributed by atoms with Crippen molar-refractivity contribution >= 4 is 44.6 Å². The first-order valence-electron chi connectivity index (χ1n) is 8.99. The number of pyridine rings is 1. The van der Waals surface area contributed by atoms with E-state index >= 15 is 0 Å². The average Bonchev–Trinajstić information content (AvgIpc) is 3.01. The summed E-state index contributed by atoms with van der Waals surface area (Å²) in [7, 11) is 0. The summed E-state index contributed by atoms with van der Waals surface area (Å²) < 4.78 is 3.01. The van der Waals surface area contributed by atoms with E-state index in [1.807, 2.05) is 6.20 Å². The van der Waals surface area contributed by atoms with Crippen molar-refractivity contribution in [3.8, 4) is 11.3 Å². The van der Waals surface area contributed by atoms with Crippen molar-refractivity contribution in [1.82, 2.24) is 4.98 Å². The van der Waals surface area contributed by atoms with Crippen LogP contribution in [-0.2, 0) is 5.41 Å². The van der Waals surface area contributed by atoms with Crippen molar-refractivity contribution < 1.29 is 0 Å². The van der Waals surface area contributed by atoms with Crippen molar-refractivity contribution in [3.63, 3.8) is 0 Å². The molecule has 124 valence electrons. The summed E-state index contributed by atoms with van der Waals surface area (Å²) in [5.41, 5.74) is 5.18. The number of rotatable bonds is 0. The monoisotopic (exact) mass is 399 g/mol. The first kappa shape index (κ1) is 14.7. The van der Waals surface area contributed by atoms with Gasteiger partial charge in [-0.2, -0.15) is 0 Å². The average molecular weight is 398 g/mol. The van der Waals surface area contributed by atoms with Gasteiger partial charge < -0.3 is 0 Å². The Balaban J connectivity index is 1.96.